The van der Waals surface area contributed by atoms with E-state index in [4.69, 9.17) is 15.1 Å². The highest BCUT2D eigenvalue weighted by atomic mass is 32.1. The van der Waals surface area contributed by atoms with Crippen molar-refractivity contribution in [3.05, 3.63) is 46.8 Å². The molecule has 6 nitrogen and oxygen atoms in total. The summed E-state index contributed by atoms with van der Waals surface area (Å²) in [6.45, 7) is -0.340. The Kier molecular flexibility index (Phi) is 4.53. The van der Waals surface area contributed by atoms with Gasteiger partial charge in [0.1, 0.15) is 22.4 Å². The summed E-state index contributed by atoms with van der Waals surface area (Å²) >= 11 is 1.23. The number of nitriles is 1. The lowest BCUT2D eigenvalue weighted by Crippen LogP contribution is -2.20. The average Bonchev–Trinajstić information content (AvgIpc) is 2.92. The zero-order valence-corrected chi connectivity index (χ0v) is 11.5. The summed E-state index contributed by atoms with van der Waals surface area (Å²) in [5.74, 6) is -1.47. The summed E-state index contributed by atoms with van der Waals surface area (Å²) in [6, 6.07) is 9.61. The number of nitrogens with zero attached hydrogens (tertiary/aromatic N) is 1. The molecule has 2 N–H and O–H groups in total. The van der Waals surface area contributed by atoms with Crippen LogP contribution >= 0.6 is 11.3 Å². The Labute approximate surface area is 124 Å². The molecule has 0 aliphatic carbocycles. The number of rotatable bonds is 5. The second-order valence-corrected chi connectivity index (χ2v) is 4.83. The second kappa shape index (κ2) is 6.54. The summed E-state index contributed by atoms with van der Waals surface area (Å²) in [5.41, 5.74) is 0.360. The minimum Gasteiger partial charge on any atom is -0.483 e. The van der Waals surface area contributed by atoms with Crippen LogP contribution in [-0.2, 0) is 4.79 Å². The van der Waals surface area contributed by atoms with Crippen molar-refractivity contribution in [2.24, 2.45) is 0 Å². The van der Waals surface area contributed by atoms with Crippen LogP contribution in [0.1, 0.15) is 15.9 Å². The van der Waals surface area contributed by atoms with Crippen molar-refractivity contribution in [1.82, 2.24) is 0 Å². The van der Waals surface area contributed by atoms with Crippen molar-refractivity contribution < 1.29 is 19.4 Å². The van der Waals surface area contributed by atoms with Crippen LogP contribution in [0.15, 0.2) is 35.7 Å². The van der Waals surface area contributed by atoms with Gasteiger partial charge >= 0.3 is 5.97 Å². The van der Waals surface area contributed by atoms with Gasteiger partial charge in [-0.3, -0.25) is 4.79 Å². The third-order valence-electron chi connectivity index (χ3n) is 2.51. The number of hydrogen-bond donors (Lipinski definition) is 2. The fourth-order valence-corrected chi connectivity index (χ4v) is 2.32. The Morgan fingerprint density at radius 2 is 2.10 bits per heavy atom. The van der Waals surface area contributed by atoms with Gasteiger partial charge in [-0.05, 0) is 23.6 Å². The van der Waals surface area contributed by atoms with Gasteiger partial charge in [0.15, 0.2) is 6.61 Å². The lowest BCUT2D eigenvalue weighted by molar-refractivity contribution is -0.118. The molecular formula is C14H10N2O4S. The molecule has 0 spiro atoms. The molecule has 1 aromatic heterocycles. The first-order valence-corrected chi connectivity index (χ1v) is 6.72. The van der Waals surface area contributed by atoms with E-state index in [0.717, 1.165) is 0 Å². The number of thiophene rings is 1. The highest BCUT2D eigenvalue weighted by molar-refractivity contribution is 7.14. The smallest absolute Gasteiger partial charge is 0.339 e. The van der Waals surface area contributed by atoms with Crippen LogP contribution in [-0.4, -0.2) is 23.6 Å². The Morgan fingerprint density at radius 1 is 1.33 bits per heavy atom. The van der Waals surface area contributed by atoms with Gasteiger partial charge in [-0.2, -0.15) is 5.26 Å². The third kappa shape index (κ3) is 3.58. The molecule has 0 unspecified atom stereocenters. The van der Waals surface area contributed by atoms with Crippen LogP contribution in [0.5, 0.6) is 5.75 Å². The predicted octanol–water partition coefficient (Wildman–Crippen LogP) is 2.34. The molecule has 0 bridgehead atoms. The zero-order valence-electron chi connectivity index (χ0n) is 10.7. The van der Waals surface area contributed by atoms with E-state index in [9.17, 15) is 9.59 Å². The average molecular weight is 302 g/mol. The van der Waals surface area contributed by atoms with E-state index < -0.39 is 11.9 Å². The number of para-hydroxylation sites is 1. The van der Waals surface area contributed by atoms with Crippen LogP contribution in [0.2, 0.25) is 0 Å². The first-order chi connectivity index (χ1) is 10.1. The first-order valence-electron chi connectivity index (χ1n) is 5.84. The van der Waals surface area contributed by atoms with Gasteiger partial charge in [0.2, 0.25) is 0 Å². The standard InChI is InChI=1S/C14H10N2O4S/c15-7-9-5-6-21-13(9)16-12(17)8-20-11-4-2-1-3-10(11)14(18)19/h1-6H,8H2,(H,16,17)(H,18,19). The number of aromatic carboxylic acids is 1. The number of amides is 1. The molecule has 0 atom stereocenters. The molecule has 1 aromatic carbocycles. The normalized spacial score (nSPS) is 9.67. The van der Waals surface area contributed by atoms with Gasteiger partial charge < -0.3 is 15.2 Å². The van der Waals surface area contributed by atoms with Crippen LogP contribution in [0.25, 0.3) is 0 Å². The van der Waals surface area contributed by atoms with Crippen LogP contribution < -0.4 is 10.1 Å². The maximum Gasteiger partial charge on any atom is 0.339 e. The number of carbonyl (C=O) groups excluding carboxylic acids is 1. The molecule has 7 heteroatoms. The van der Waals surface area contributed by atoms with E-state index in [1.165, 1.54) is 23.5 Å². The number of ether oxygens (including phenoxy) is 1. The van der Waals surface area contributed by atoms with Gasteiger partial charge in [0, 0.05) is 0 Å². The summed E-state index contributed by atoms with van der Waals surface area (Å²) in [5, 5.41) is 22.5. The Balaban J connectivity index is 1.99. The van der Waals surface area contributed by atoms with Gasteiger partial charge in [0.25, 0.3) is 5.91 Å². The molecule has 21 heavy (non-hydrogen) atoms. The number of carboxylic acid groups (broad SMARTS) is 1. The van der Waals surface area contributed by atoms with E-state index in [2.05, 4.69) is 5.32 Å². The quantitative estimate of drug-likeness (QED) is 0.883. The molecule has 0 fully saturated rings. The summed E-state index contributed by atoms with van der Waals surface area (Å²) in [7, 11) is 0. The monoisotopic (exact) mass is 302 g/mol. The minimum absolute atomic E-state index is 0.0147. The van der Waals surface area contributed by atoms with Crippen molar-refractivity contribution in [1.29, 1.82) is 5.26 Å². The predicted molar refractivity (Wildman–Crippen MR) is 76.6 cm³/mol. The fraction of sp³-hybridized carbons (Fsp3) is 0.0714. The molecular weight excluding hydrogens is 292 g/mol. The molecule has 0 aliphatic rings. The van der Waals surface area contributed by atoms with Crippen molar-refractivity contribution in [3.8, 4) is 11.8 Å². The first kappa shape index (κ1) is 14.6. The topological polar surface area (TPSA) is 99.4 Å². The van der Waals surface area contributed by atoms with E-state index in [1.54, 1.807) is 23.6 Å². The van der Waals surface area contributed by atoms with E-state index in [-0.39, 0.29) is 17.9 Å². The van der Waals surface area contributed by atoms with Gasteiger partial charge in [-0.15, -0.1) is 11.3 Å². The Hall–Kier alpha value is -2.85. The molecule has 1 amide bonds. The fourth-order valence-electron chi connectivity index (χ4n) is 1.57. The van der Waals surface area contributed by atoms with E-state index in [1.807, 2.05) is 6.07 Å². The lowest BCUT2D eigenvalue weighted by atomic mass is 10.2. The molecule has 1 heterocycles. The molecule has 2 rings (SSSR count). The number of hydrogen-bond acceptors (Lipinski definition) is 5. The van der Waals surface area contributed by atoms with Gasteiger partial charge in [-0.1, -0.05) is 12.1 Å². The maximum absolute atomic E-state index is 11.7. The SMILES string of the molecule is N#Cc1ccsc1NC(=O)COc1ccccc1C(=O)O. The van der Waals surface area contributed by atoms with Crippen molar-refractivity contribution >= 4 is 28.2 Å². The molecule has 0 saturated carbocycles. The Morgan fingerprint density at radius 3 is 2.81 bits per heavy atom. The second-order valence-electron chi connectivity index (χ2n) is 3.91. The van der Waals surface area contributed by atoms with Gasteiger partial charge in [0.05, 0.1) is 5.56 Å². The van der Waals surface area contributed by atoms with Crippen LogP contribution in [0, 0.1) is 11.3 Å². The third-order valence-corrected chi connectivity index (χ3v) is 3.34. The lowest BCUT2D eigenvalue weighted by Gasteiger charge is -2.08. The van der Waals surface area contributed by atoms with Crippen LogP contribution in [0.3, 0.4) is 0 Å². The van der Waals surface area contributed by atoms with Crippen LogP contribution in [0.4, 0.5) is 5.00 Å². The summed E-state index contributed by atoms with van der Waals surface area (Å²) in [6.07, 6.45) is 0. The molecule has 0 aliphatic heterocycles. The Bertz CT molecular complexity index is 718. The van der Waals surface area contributed by atoms with Crippen molar-refractivity contribution in [3.63, 3.8) is 0 Å². The van der Waals surface area contributed by atoms with E-state index >= 15 is 0 Å². The van der Waals surface area contributed by atoms with Crippen molar-refractivity contribution in [2.75, 3.05) is 11.9 Å². The number of anilines is 1. The molecule has 0 saturated heterocycles. The van der Waals surface area contributed by atoms with E-state index in [0.29, 0.717) is 10.6 Å². The highest BCUT2D eigenvalue weighted by Crippen LogP contribution is 2.22. The maximum atomic E-state index is 11.7. The molecule has 2 aromatic rings. The number of nitrogens with one attached hydrogen (secondary N) is 1. The molecule has 106 valence electrons. The zero-order chi connectivity index (χ0) is 15.2. The summed E-state index contributed by atoms with van der Waals surface area (Å²) in [4.78, 5) is 22.7. The number of carboxylic acids is 1. The molecule has 0 radical (unpaired) electrons. The minimum atomic E-state index is -1.13. The van der Waals surface area contributed by atoms with Gasteiger partial charge in [-0.25, -0.2) is 4.79 Å². The largest absolute Gasteiger partial charge is 0.483 e. The summed E-state index contributed by atoms with van der Waals surface area (Å²) < 4.78 is 5.21. The highest BCUT2D eigenvalue weighted by Gasteiger charge is 2.13. The van der Waals surface area contributed by atoms with Crippen molar-refractivity contribution in [2.45, 2.75) is 0 Å². The number of carbonyl (C=O) groups is 2. The number of benzene rings is 1.